The fourth-order valence-corrected chi connectivity index (χ4v) is 2.39. The normalized spacial score (nSPS) is 14.7. The molecule has 0 aliphatic heterocycles. The molecule has 0 heterocycles. The Morgan fingerprint density at radius 1 is 1.17 bits per heavy atom. The van der Waals surface area contributed by atoms with E-state index in [1.165, 1.54) is 12.1 Å². The number of anilines is 1. The van der Waals surface area contributed by atoms with Crippen molar-refractivity contribution in [1.29, 1.82) is 0 Å². The first-order chi connectivity index (χ1) is 11.5. The van der Waals surface area contributed by atoms with Crippen LogP contribution in [0.15, 0.2) is 48.5 Å². The van der Waals surface area contributed by atoms with Crippen molar-refractivity contribution < 1.29 is 18.7 Å². The highest BCUT2D eigenvalue weighted by Gasteiger charge is 2.55. The van der Waals surface area contributed by atoms with Gasteiger partial charge in [-0.1, -0.05) is 12.1 Å². The second-order valence-electron chi connectivity index (χ2n) is 5.84. The van der Waals surface area contributed by atoms with Gasteiger partial charge in [-0.25, -0.2) is 4.39 Å². The first kappa shape index (κ1) is 16.0. The molecule has 0 spiro atoms. The average Bonchev–Trinajstić information content (AvgIpc) is 3.36. The summed E-state index contributed by atoms with van der Waals surface area (Å²) in [6.45, 7) is 0.244. The Labute approximate surface area is 138 Å². The van der Waals surface area contributed by atoms with Crippen molar-refractivity contribution in [2.45, 2.75) is 19.4 Å². The van der Waals surface area contributed by atoms with Crippen LogP contribution in [0.4, 0.5) is 10.1 Å². The molecule has 124 valence electrons. The molecule has 1 aliphatic carbocycles. The standard InChI is InChI=1S/C18H17FN2O3/c19-13-3-1-2-12(10-13)11-24-15-6-4-14(5-7-15)21-17(23)18(8-9-18)16(20)22/h1-7,10H,8-9,11H2,(H2,20,22)(H,21,23). The molecule has 1 saturated carbocycles. The number of hydrogen-bond acceptors (Lipinski definition) is 3. The number of hydrogen-bond donors (Lipinski definition) is 2. The van der Waals surface area contributed by atoms with Gasteiger partial charge in [-0.2, -0.15) is 0 Å². The lowest BCUT2D eigenvalue weighted by Gasteiger charge is -2.12. The number of nitrogens with two attached hydrogens (primary N) is 1. The molecule has 3 N–H and O–H groups in total. The van der Waals surface area contributed by atoms with E-state index in [1.54, 1.807) is 36.4 Å². The van der Waals surface area contributed by atoms with Gasteiger partial charge in [-0.05, 0) is 54.8 Å². The zero-order valence-electron chi connectivity index (χ0n) is 12.9. The molecule has 0 saturated heterocycles. The molecular formula is C18H17FN2O3. The number of benzene rings is 2. The third-order valence-corrected chi connectivity index (χ3v) is 4.06. The zero-order valence-corrected chi connectivity index (χ0v) is 12.9. The van der Waals surface area contributed by atoms with E-state index in [9.17, 15) is 14.0 Å². The van der Waals surface area contributed by atoms with E-state index in [1.807, 2.05) is 0 Å². The van der Waals surface area contributed by atoms with Crippen LogP contribution in [0.5, 0.6) is 5.75 Å². The fourth-order valence-electron chi connectivity index (χ4n) is 2.39. The van der Waals surface area contributed by atoms with Gasteiger partial charge in [0.05, 0.1) is 0 Å². The Hall–Kier alpha value is -2.89. The molecule has 2 aromatic rings. The van der Waals surface area contributed by atoms with Crippen molar-refractivity contribution in [1.82, 2.24) is 0 Å². The maximum absolute atomic E-state index is 13.1. The highest BCUT2D eigenvalue weighted by Crippen LogP contribution is 2.46. The van der Waals surface area contributed by atoms with Gasteiger partial charge in [0.15, 0.2) is 0 Å². The van der Waals surface area contributed by atoms with Crippen LogP contribution in [0.3, 0.4) is 0 Å². The van der Waals surface area contributed by atoms with Crippen molar-refractivity contribution in [3.05, 3.63) is 59.9 Å². The van der Waals surface area contributed by atoms with Crippen molar-refractivity contribution in [3.8, 4) is 5.75 Å². The molecule has 5 nitrogen and oxygen atoms in total. The Morgan fingerprint density at radius 3 is 2.46 bits per heavy atom. The highest BCUT2D eigenvalue weighted by molar-refractivity contribution is 6.12. The summed E-state index contributed by atoms with van der Waals surface area (Å²) in [5, 5.41) is 2.69. The Bertz CT molecular complexity index is 770. The molecule has 24 heavy (non-hydrogen) atoms. The lowest BCUT2D eigenvalue weighted by Crippen LogP contribution is -2.36. The molecule has 2 aromatic carbocycles. The fraction of sp³-hybridized carbons (Fsp3) is 0.222. The van der Waals surface area contributed by atoms with E-state index in [2.05, 4.69) is 5.32 Å². The summed E-state index contributed by atoms with van der Waals surface area (Å²) in [7, 11) is 0. The van der Waals surface area contributed by atoms with Crippen LogP contribution in [0.1, 0.15) is 18.4 Å². The van der Waals surface area contributed by atoms with E-state index >= 15 is 0 Å². The third kappa shape index (κ3) is 3.37. The van der Waals surface area contributed by atoms with Gasteiger partial charge in [0.1, 0.15) is 23.6 Å². The van der Waals surface area contributed by atoms with Crippen LogP contribution >= 0.6 is 0 Å². The van der Waals surface area contributed by atoms with Gasteiger partial charge in [-0.15, -0.1) is 0 Å². The molecular weight excluding hydrogens is 311 g/mol. The van der Waals surface area contributed by atoms with Crippen LogP contribution in [0.25, 0.3) is 0 Å². The minimum atomic E-state index is -1.05. The van der Waals surface area contributed by atoms with Gasteiger partial charge >= 0.3 is 0 Å². The van der Waals surface area contributed by atoms with E-state index in [4.69, 9.17) is 10.5 Å². The predicted molar refractivity (Wildman–Crippen MR) is 86.7 cm³/mol. The second-order valence-corrected chi connectivity index (χ2v) is 5.84. The zero-order chi connectivity index (χ0) is 17.2. The summed E-state index contributed by atoms with van der Waals surface area (Å²) < 4.78 is 18.7. The van der Waals surface area contributed by atoms with Crippen LogP contribution in [-0.2, 0) is 16.2 Å². The van der Waals surface area contributed by atoms with Crippen molar-refractivity contribution in [3.63, 3.8) is 0 Å². The Morgan fingerprint density at radius 2 is 1.88 bits per heavy atom. The minimum Gasteiger partial charge on any atom is -0.489 e. The number of halogens is 1. The molecule has 1 fully saturated rings. The Balaban J connectivity index is 1.57. The molecule has 3 rings (SSSR count). The van der Waals surface area contributed by atoms with Crippen LogP contribution < -0.4 is 15.8 Å². The predicted octanol–water partition coefficient (Wildman–Crippen LogP) is 2.61. The number of carbonyl (C=O) groups excluding carboxylic acids is 2. The van der Waals surface area contributed by atoms with Crippen molar-refractivity contribution >= 4 is 17.5 Å². The molecule has 0 unspecified atom stereocenters. The van der Waals surface area contributed by atoms with E-state index in [-0.39, 0.29) is 18.3 Å². The van der Waals surface area contributed by atoms with E-state index in [0.29, 0.717) is 24.3 Å². The number of primary amides is 1. The highest BCUT2D eigenvalue weighted by atomic mass is 19.1. The maximum atomic E-state index is 13.1. The molecule has 1 aliphatic rings. The van der Waals surface area contributed by atoms with Gasteiger partial charge in [0, 0.05) is 5.69 Å². The first-order valence-electron chi connectivity index (χ1n) is 7.58. The van der Waals surface area contributed by atoms with Crippen LogP contribution in [-0.4, -0.2) is 11.8 Å². The molecule has 2 amide bonds. The van der Waals surface area contributed by atoms with Crippen LogP contribution in [0.2, 0.25) is 0 Å². The summed E-state index contributed by atoms with van der Waals surface area (Å²) in [4.78, 5) is 23.4. The smallest absolute Gasteiger partial charge is 0.240 e. The molecule has 0 radical (unpaired) electrons. The largest absolute Gasteiger partial charge is 0.489 e. The van der Waals surface area contributed by atoms with E-state index < -0.39 is 11.3 Å². The summed E-state index contributed by atoms with van der Waals surface area (Å²) in [6, 6.07) is 12.9. The molecule has 0 atom stereocenters. The van der Waals surface area contributed by atoms with Gasteiger partial charge < -0.3 is 15.8 Å². The average molecular weight is 328 g/mol. The minimum absolute atomic E-state index is 0.244. The monoisotopic (exact) mass is 328 g/mol. The van der Waals surface area contributed by atoms with Crippen molar-refractivity contribution in [2.24, 2.45) is 11.1 Å². The molecule has 0 bridgehead atoms. The van der Waals surface area contributed by atoms with Gasteiger partial charge in [0.25, 0.3) is 0 Å². The van der Waals surface area contributed by atoms with E-state index in [0.717, 1.165) is 5.56 Å². The number of carbonyl (C=O) groups is 2. The first-order valence-corrected chi connectivity index (χ1v) is 7.58. The lowest BCUT2D eigenvalue weighted by molar-refractivity contribution is -0.132. The van der Waals surface area contributed by atoms with Crippen LogP contribution in [0, 0.1) is 11.2 Å². The van der Waals surface area contributed by atoms with Crippen molar-refractivity contribution in [2.75, 3.05) is 5.32 Å². The quantitative estimate of drug-likeness (QED) is 0.800. The second kappa shape index (κ2) is 6.31. The van der Waals surface area contributed by atoms with Gasteiger partial charge in [-0.3, -0.25) is 9.59 Å². The lowest BCUT2D eigenvalue weighted by atomic mass is 10.1. The molecule has 6 heteroatoms. The number of ether oxygens (including phenoxy) is 1. The molecule has 0 aromatic heterocycles. The third-order valence-electron chi connectivity index (χ3n) is 4.06. The summed E-state index contributed by atoms with van der Waals surface area (Å²) in [5.74, 6) is -0.676. The summed E-state index contributed by atoms with van der Waals surface area (Å²) >= 11 is 0. The summed E-state index contributed by atoms with van der Waals surface area (Å²) in [6.07, 6.45) is 0.978. The van der Waals surface area contributed by atoms with Gasteiger partial charge in [0.2, 0.25) is 11.8 Å². The number of nitrogens with one attached hydrogen (secondary N) is 1. The number of rotatable bonds is 6. The maximum Gasteiger partial charge on any atom is 0.240 e. The SMILES string of the molecule is NC(=O)C1(C(=O)Nc2ccc(OCc3cccc(F)c3)cc2)CC1. The topological polar surface area (TPSA) is 81.4 Å². The summed E-state index contributed by atoms with van der Waals surface area (Å²) in [5.41, 5.74) is 5.51. The Kier molecular flexibility index (Phi) is 4.20. The number of amides is 2.